The fourth-order valence-corrected chi connectivity index (χ4v) is 4.60. The molecule has 2 aromatic heterocycles. The number of alkyl halides is 3. The van der Waals surface area contributed by atoms with Crippen LogP contribution in [-0.4, -0.2) is 19.7 Å². The Morgan fingerprint density at radius 2 is 1.68 bits per heavy atom. The number of hydrogen-bond donors (Lipinski definition) is 1. The van der Waals surface area contributed by atoms with Gasteiger partial charge in [-0.25, -0.2) is 4.98 Å². The molecule has 9 heteroatoms. The highest BCUT2D eigenvalue weighted by Crippen LogP contribution is 2.42. The van der Waals surface area contributed by atoms with E-state index >= 15 is 0 Å². The van der Waals surface area contributed by atoms with Crippen LogP contribution in [0.25, 0.3) is 28.1 Å². The predicted octanol–water partition coefficient (Wildman–Crippen LogP) is 5.25. The highest BCUT2D eigenvalue weighted by atomic mass is 19.4. The standard InChI is InChI=1S/C25H20F3N5O/c26-25(27,28)23-32-31-20-14-34-22-19(33(20)23)13-18(15-5-2-1-3-6-15)21(30-22)16-7-9-17(10-8-16)24(29)11-4-12-24/h1-3,5-10,13H,4,11-12,14,29H2. The summed E-state index contributed by atoms with van der Waals surface area (Å²) in [7, 11) is 0. The Balaban J connectivity index is 1.53. The molecular formula is C25H20F3N5O. The highest BCUT2D eigenvalue weighted by Gasteiger charge is 2.41. The van der Waals surface area contributed by atoms with Gasteiger partial charge in [-0.05, 0) is 36.5 Å². The van der Waals surface area contributed by atoms with Crippen molar-refractivity contribution in [2.75, 3.05) is 0 Å². The molecule has 3 heterocycles. The highest BCUT2D eigenvalue weighted by molar-refractivity contribution is 5.83. The van der Waals surface area contributed by atoms with Gasteiger partial charge in [-0.15, -0.1) is 10.2 Å². The van der Waals surface area contributed by atoms with Crippen molar-refractivity contribution in [1.29, 1.82) is 0 Å². The Morgan fingerprint density at radius 3 is 2.32 bits per heavy atom. The molecular weight excluding hydrogens is 443 g/mol. The van der Waals surface area contributed by atoms with Gasteiger partial charge >= 0.3 is 6.18 Å². The summed E-state index contributed by atoms with van der Waals surface area (Å²) in [6.45, 7) is -0.151. The van der Waals surface area contributed by atoms with Crippen LogP contribution >= 0.6 is 0 Å². The first kappa shape index (κ1) is 20.9. The molecule has 0 bridgehead atoms. The summed E-state index contributed by atoms with van der Waals surface area (Å²) in [6.07, 6.45) is -1.64. The second kappa shape index (κ2) is 7.39. The average molecular weight is 463 g/mol. The van der Waals surface area contributed by atoms with Gasteiger partial charge in [0.15, 0.2) is 12.4 Å². The molecule has 4 aromatic rings. The van der Waals surface area contributed by atoms with Gasteiger partial charge in [-0.2, -0.15) is 13.2 Å². The van der Waals surface area contributed by atoms with E-state index < -0.39 is 12.0 Å². The average Bonchev–Trinajstić information content (AvgIpc) is 3.28. The summed E-state index contributed by atoms with van der Waals surface area (Å²) in [6, 6.07) is 19.0. The van der Waals surface area contributed by atoms with Crippen LogP contribution in [0.1, 0.15) is 36.5 Å². The first-order valence-electron chi connectivity index (χ1n) is 11.0. The molecule has 0 amide bonds. The van der Waals surface area contributed by atoms with Crippen molar-refractivity contribution in [3.63, 3.8) is 0 Å². The van der Waals surface area contributed by atoms with E-state index in [2.05, 4.69) is 10.2 Å². The predicted molar refractivity (Wildman–Crippen MR) is 119 cm³/mol. The number of nitrogens with zero attached hydrogens (tertiary/aromatic N) is 4. The maximum atomic E-state index is 13.6. The molecule has 1 fully saturated rings. The lowest BCUT2D eigenvalue weighted by molar-refractivity contribution is -0.146. The Hall–Kier alpha value is -3.72. The van der Waals surface area contributed by atoms with E-state index in [-0.39, 0.29) is 29.5 Å². The van der Waals surface area contributed by atoms with E-state index in [9.17, 15) is 13.2 Å². The van der Waals surface area contributed by atoms with Crippen LogP contribution in [0.2, 0.25) is 0 Å². The summed E-state index contributed by atoms with van der Waals surface area (Å²) in [5.74, 6) is -0.920. The Labute approximate surface area is 193 Å². The van der Waals surface area contributed by atoms with Gasteiger partial charge in [0.25, 0.3) is 0 Å². The van der Waals surface area contributed by atoms with Gasteiger partial charge < -0.3 is 10.5 Å². The van der Waals surface area contributed by atoms with E-state index in [0.717, 1.165) is 40.5 Å². The second-order valence-electron chi connectivity index (χ2n) is 8.72. The van der Waals surface area contributed by atoms with Crippen molar-refractivity contribution in [3.05, 3.63) is 77.9 Å². The monoisotopic (exact) mass is 463 g/mol. The summed E-state index contributed by atoms with van der Waals surface area (Å²) in [5, 5.41) is 7.05. The van der Waals surface area contributed by atoms with Gasteiger partial charge in [0, 0.05) is 16.7 Å². The largest absolute Gasteiger partial charge is 0.468 e. The number of benzene rings is 2. The van der Waals surface area contributed by atoms with Crippen molar-refractivity contribution >= 4 is 0 Å². The van der Waals surface area contributed by atoms with Crippen LogP contribution in [0.15, 0.2) is 60.7 Å². The van der Waals surface area contributed by atoms with Crippen LogP contribution in [-0.2, 0) is 18.3 Å². The smallest absolute Gasteiger partial charge is 0.452 e. The molecule has 2 N–H and O–H groups in total. The fraction of sp³-hybridized carbons (Fsp3) is 0.240. The minimum atomic E-state index is -4.67. The van der Waals surface area contributed by atoms with Crippen LogP contribution in [0.5, 0.6) is 5.88 Å². The molecule has 6 nitrogen and oxygen atoms in total. The zero-order valence-corrected chi connectivity index (χ0v) is 18.0. The number of halogens is 3. The molecule has 0 radical (unpaired) electrons. The number of fused-ring (bicyclic) bond motifs is 3. The molecule has 6 rings (SSSR count). The van der Waals surface area contributed by atoms with Gasteiger partial charge in [0.05, 0.1) is 5.69 Å². The van der Waals surface area contributed by atoms with E-state index in [4.69, 9.17) is 15.5 Å². The zero-order chi connectivity index (χ0) is 23.5. The first-order chi connectivity index (χ1) is 16.3. The fourth-order valence-electron chi connectivity index (χ4n) is 4.60. The summed E-state index contributed by atoms with van der Waals surface area (Å²) in [5.41, 5.74) is 10.3. The number of aromatic nitrogens is 4. The lowest BCUT2D eigenvalue weighted by Crippen LogP contribution is -2.43. The molecule has 172 valence electrons. The topological polar surface area (TPSA) is 78.9 Å². The second-order valence-corrected chi connectivity index (χ2v) is 8.72. The van der Waals surface area contributed by atoms with Crippen LogP contribution in [0.4, 0.5) is 13.2 Å². The number of ether oxygens (including phenoxy) is 1. The third kappa shape index (κ3) is 3.27. The molecule has 0 atom stereocenters. The maximum absolute atomic E-state index is 13.6. The summed E-state index contributed by atoms with van der Waals surface area (Å²) < 4.78 is 47.6. The molecule has 1 aliphatic heterocycles. The molecule has 0 saturated heterocycles. The maximum Gasteiger partial charge on any atom is 0.452 e. The summed E-state index contributed by atoms with van der Waals surface area (Å²) in [4.78, 5) is 4.69. The number of rotatable bonds is 3. The van der Waals surface area contributed by atoms with E-state index in [1.54, 1.807) is 6.07 Å². The number of pyridine rings is 1. The van der Waals surface area contributed by atoms with Gasteiger partial charge in [-0.3, -0.25) is 4.57 Å². The van der Waals surface area contributed by atoms with E-state index in [0.29, 0.717) is 11.3 Å². The molecule has 2 aliphatic rings. The number of nitrogens with two attached hydrogens (primary N) is 1. The van der Waals surface area contributed by atoms with Gasteiger partial charge in [0.1, 0.15) is 5.69 Å². The van der Waals surface area contributed by atoms with E-state index in [1.807, 2.05) is 54.6 Å². The van der Waals surface area contributed by atoms with Crippen molar-refractivity contribution in [3.8, 4) is 34.0 Å². The SMILES string of the molecule is NC1(c2ccc(-c3nc4c(cc3-c3ccccc3)-n3c(nnc3C(F)(F)F)CO4)cc2)CCC1. The zero-order valence-electron chi connectivity index (χ0n) is 18.0. The molecule has 0 unspecified atom stereocenters. The minimum absolute atomic E-state index is 0.0754. The molecule has 1 aliphatic carbocycles. The van der Waals surface area contributed by atoms with Crippen molar-refractivity contribution < 1.29 is 17.9 Å². The number of hydrogen-bond acceptors (Lipinski definition) is 5. The molecule has 2 aromatic carbocycles. The Bertz CT molecular complexity index is 1380. The van der Waals surface area contributed by atoms with Crippen LogP contribution in [0, 0.1) is 0 Å². The Morgan fingerprint density at radius 1 is 0.941 bits per heavy atom. The molecule has 1 saturated carbocycles. The Kier molecular flexibility index (Phi) is 4.54. The first-order valence-corrected chi connectivity index (χ1v) is 11.0. The van der Waals surface area contributed by atoms with E-state index in [1.165, 1.54) is 0 Å². The minimum Gasteiger partial charge on any atom is -0.468 e. The van der Waals surface area contributed by atoms with Crippen LogP contribution < -0.4 is 10.5 Å². The quantitative estimate of drug-likeness (QED) is 0.449. The van der Waals surface area contributed by atoms with Gasteiger partial charge in [-0.1, -0.05) is 54.6 Å². The molecule has 0 spiro atoms. The van der Waals surface area contributed by atoms with Crippen molar-refractivity contribution in [2.24, 2.45) is 5.73 Å². The normalized spacial score (nSPS) is 16.2. The lowest BCUT2D eigenvalue weighted by atomic mass is 9.72. The third-order valence-corrected chi connectivity index (χ3v) is 6.59. The summed E-state index contributed by atoms with van der Waals surface area (Å²) >= 11 is 0. The molecule has 34 heavy (non-hydrogen) atoms. The van der Waals surface area contributed by atoms with Gasteiger partial charge in [0.2, 0.25) is 11.7 Å². The van der Waals surface area contributed by atoms with Crippen LogP contribution in [0.3, 0.4) is 0 Å². The lowest BCUT2D eigenvalue weighted by Gasteiger charge is -2.38. The van der Waals surface area contributed by atoms with Crippen molar-refractivity contribution in [2.45, 2.75) is 37.6 Å². The third-order valence-electron chi connectivity index (χ3n) is 6.59. The van der Waals surface area contributed by atoms with Crippen molar-refractivity contribution in [1.82, 2.24) is 19.7 Å².